The van der Waals surface area contributed by atoms with Gasteiger partial charge in [0.1, 0.15) is 5.69 Å². The number of halogens is 1. The fraction of sp³-hybridized carbons (Fsp3) is 0.231. The molecule has 0 aliphatic carbocycles. The average Bonchev–Trinajstić information content (AvgIpc) is 3.07. The highest BCUT2D eigenvalue weighted by Gasteiger charge is 2.18. The van der Waals surface area contributed by atoms with Crippen LogP contribution in [0.3, 0.4) is 0 Å². The first kappa shape index (κ1) is 13.7. The Bertz CT molecular complexity index is 790. The van der Waals surface area contributed by atoms with Gasteiger partial charge in [-0.3, -0.25) is 4.68 Å². The second kappa shape index (κ2) is 5.28. The molecule has 0 aliphatic rings. The van der Waals surface area contributed by atoms with Gasteiger partial charge in [-0.1, -0.05) is 13.0 Å². The molecule has 2 aromatic heterocycles. The number of nitrogens with zero attached hydrogens (tertiary/aromatic N) is 6. The first-order valence-corrected chi connectivity index (χ1v) is 7.26. The van der Waals surface area contributed by atoms with Gasteiger partial charge in [-0.25, -0.2) is 0 Å². The molecule has 0 spiro atoms. The topological polar surface area (TPSA) is 87.4 Å². The van der Waals surface area contributed by atoms with Crippen LogP contribution in [0.15, 0.2) is 28.9 Å². The summed E-state index contributed by atoms with van der Waals surface area (Å²) in [5.74, 6) is 0.622. The van der Waals surface area contributed by atoms with Gasteiger partial charge in [-0.2, -0.15) is 9.78 Å². The van der Waals surface area contributed by atoms with Crippen LogP contribution < -0.4 is 5.73 Å². The molecule has 0 bridgehead atoms. The quantitative estimate of drug-likeness (QED) is 0.731. The molecule has 0 aliphatic heterocycles. The van der Waals surface area contributed by atoms with E-state index in [-0.39, 0.29) is 0 Å². The zero-order valence-electron chi connectivity index (χ0n) is 11.7. The number of hydrogen-bond acceptors (Lipinski definition) is 5. The zero-order chi connectivity index (χ0) is 15.0. The molecule has 1 aromatic carbocycles. The molecule has 0 radical (unpaired) electrons. The molecule has 0 atom stereocenters. The lowest BCUT2D eigenvalue weighted by molar-refractivity contribution is 0.746. The van der Waals surface area contributed by atoms with Gasteiger partial charge in [0, 0.05) is 18.3 Å². The second-order valence-corrected chi connectivity index (χ2v) is 5.40. The summed E-state index contributed by atoms with van der Waals surface area (Å²) in [5, 5.41) is 16.4. The molecule has 21 heavy (non-hydrogen) atoms. The Labute approximate surface area is 129 Å². The minimum absolute atomic E-state index is 0.622. The summed E-state index contributed by atoms with van der Waals surface area (Å²) in [6.07, 6.45) is 2.70. The number of benzene rings is 1. The van der Waals surface area contributed by atoms with Crippen molar-refractivity contribution in [2.24, 2.45) is 7.05 Å². The standard InChI is InChI=1S/C13H14BrN7/c1-3-10-11(7-20(2)17-10)21-13(16-18-19-21)8-5-4-6-9(15)12(8)14/h4-7H,3,15H2,1-2H3. The smallest absolute Gasteiger partial charge is 0.188 e. The molecule has 108 valence electrons. The normalized spacial score (nSPS) is 11.0. The summed E-state index contributed by atoms with van der Waals surface area (Å²) in [6.45, 7) is 2.05. The average molecular weight is 348 g/mol. The van der Waals surface area contributed by atoms with Gasteiger partial charge in [0.15, 0.2) is 5.82 Å². The highest BCUT2D eigenvalue weighted by molar-refractivity contribution is 9.10. The third-order valence-electron chi connectivity index (χ3n) is 3.19. The first-order chi connectivity index (χ1) is 10.1. The third kappa shape index (κ3) is 2.31. The summed E-state index contributed by atoms with van der Waals surface area (Å²) in [7, 11) is 1.88. The van der Waals surface area contributed by atoms with E-state index in [4.69, 9.17) is 5.73 Å². The Morgan fingerprint density at radius 2 is 2.14 bits per heavy atom. The van der Waals surface area contributed by atoms with Crippen LogP contribution >= 0.6 is 15.9 Å². The van der Waals surface area contributed by atoms with Crippen molar-refractivity contribution in [1.29, 1.82) is 0 Å². The number of tetrazole rings is 1. The molecule has 0 amide bonds. The van der Waals surface area contributed by atoms with Gasteiger partial charge in [0.05, 0.1) is 16.4 Å². The number of aryl methyl sites for hydroxylation is 2. The highest BCUT2D eigenvalue weighted by Crippen LogP contribution is 2.32. The van der Waals surface area contributed by atoms with E-state index in [1.165, 1.54) is 0 Å². The molecule has 7 nitrogen and oxygen atoms in total. The SMILES string of the molecule is CCc1nn(C)cc1-n1nnnc1-c1cccc(N)c1Br. The summed E-state index contributed by atoms with van der Waals surface area (Å²) in [5.41, 5.74) is 9.22. The van der Waals surface area contributed by atoms with E-state index in [9.17, 15) is 0 Å². The number of aromatic nitrogens is 6. The molecular weight excluding hydrogens is 334 g/mol. The van der Waals surface area contributed by atoms with Crippen molar-refractivity contribution < 1.29 is 0 Å². The van der Waals surface area contributed by atoms with Crippen molar-refractivity contribution >= 4 is 21.6 Å². The number of anilines is 1. The molecule has 2 heterocycles. The van der Waals surface area contributed by atoms with Crippen LogP contribution in [0.5, 0.6) is 0 Å². The summed E-state index contributed by atoms with van der Waals surface area (Å²) < 4.78 is 4.22. The van der Waals surface area contributed by atoms with Crippen LogP contribution in [0.2, 0.25) is 0 Å². The minimum Gasteiger partial charge on any atom is -0.398 e. The van der Waals surface area contributed by atoms with E-state index in [1.807, 2.05) is 38.4 Å². The minimum atomic E-state index is 0.622. The highest BCUT2D eigenvalue weighted by atomic mass is 79.9. The van der Waals surface area contributed by atoms with Crippen molar-refractivity contribution in [1.82, 2.24) is 30.0 Å². The molecular formula is C13H14BrN7. The number of hydrogen-bond donors (Lipinski definition) is 1. The van der Waals surface area contributed by atoms with E-state index in [1.54, 1.807) is 9.36 Å². The molecule has 0 saturated carbocycles. The van der Waals surface area contributed by atoms with Gasteiger partial charge >= 0.3 is 0 Å². The van der Waals surface area contributed by atoms with Crippen LogP contribution in [0.4, 0.5) is 5.69 Å². The van der Waals surface area contributed by atoms with Crippen molar-refractivity contribution in [3.05, 3.63) is 34.6 Å². The predicted octanol–water partition coefficient (Wildman–Crippen LogP) is 1.97. The fourth-order valence-electron chi connectivity index (χ4n) is 2.19. The zero-order valence-corrected chi connectivity index (χ0v) is 13.2. The van der Waals surface area contributed by atoms with Gasteiger partial charge in [0.2, 0.25) is 0 Å². The summed E-state index contributed by atoms with van der Waals surface area (Å²) >= 11 is 3.49. The first-order valence-electron chi connectivity index (χ1n) is 6.47. The van der Waals surface area contributed by atoms with Gasteiger partial charge < -0.3 is 5.73 Å². The lowest BCUT2D eigenvalue weighted by Crippen LogP contribution is -2.02. The maximum Gasteiger partial charge on any atom is 0.188 e. The molecule has 3 rings (SSSR count). The Morgan fingerprint density at radius 3 is 2.90 bits per heavy atom. The second-order valence-electron chi connectivity index (χ2n) is 4.61. The molecule has 0 fully saturated rings. The Hall–Kier alpha value is -2.22. The van der Waals surface area contributed by atoms with Crippen molar-refractivity contribution in [2.45, 2.75) is 13.3 Å². The van der Waals surface area contributed by atoms with E-state index < -0.39 is 0 Å². The molecule has 0 unspecified atom stereocenters. The molecule has 3 aromatic rings. The van der Waals surface area contributed by atoms with E-state index in [2.05, 4.69) is 36.6 Å². The largest absolute Gasteiger partial charge is 0.398 e. The summed E-state index contributed by atoms with van der Waals surface area (Å²) in [6, 6.07) is 5.62. The third-order valence-corrected chi connectivity index (χ3v) is 4.07. The maximum absolute atomic E-state index is 5.93. The van der Waals surface area contributed by atoms with Crippen molar-refractivity contribution in [3.63, 3.8) is 0 Å². The maximum atomic E-state index is 5.93. The van der Waals surface area contributed by atoms with Crippen LogP contribution in [-0.4, -0.2) is 30.0 Å². The van der Waals surface area contributed by atoms with Crippen molar-refractivity contribution in [2.75, 3.05) is 5.73 Å². The van der Waals surface area contributed by atoms with Crippen molar-refractivity contribution in [3.8, 4) is 17.1 Å². The van der Waals surface area contributed by atoms with Gasteiger partial charge in [-0.05, 0) is 44.9 Å². The number of nitrogen functional groups attached to an aromatic ring is 1. The van der Waals surface area contributed by atoms with Crippen LogP contribution in [0, 0.1) is 0 Å². The molecule has 0 saturated heterocycles. The predicted molar refractivity (Wildman–Crippen MR) is 82.8 cm³/mol. The number of rotatable bonds is 3. The van der Waals surface area contributed by atoms with E-state index in [0.29, 0.717) is 11.5 Å². The van der Waals surface area contributed by atoms with E-state index in [0.717, 1.165) is 27.8 Å². The Morgan fingerprint density at radius 1 is 1.33 bits per heavy atom. The van der Waals surface area contributed by atoms with Gasteiger partial charge in [-0.15, -0.1) is 5.10 Å². The Kier molecular flexibility index (Phi) is 3.46. The fourth-order valence-corrected chi connectivity index (χ4v) is 2.63. The van der Waals surface area contributed by atoms with Crippen LogP contribution in [-0.2, 0) is 13.5 Å². The Balaban J connectivity index is 2.19. The van der Waals surface area contributed by atoms with Crippen LogP contribution in [0.1, 0.15) is 12.6 Å². The van der Waals surface area contributed by atoms with Gasteiger partial charge in [0.25, 0.3) is 0 Å². The lowest BCUT2D eigenvalue weighted by Gasteiger charge is -2.07. The van der Waals surface area contributed by atoms with E-state index >= 15 is 0 Å². The lowest BCUT2D eigenvalue weighted by atomic mass is 10.2. The summed E-state index contributed by atoms with van der Waals surface area (Å²) in [4.78, 5) is 0. The monoisotopic (exact) mass is 347 g/mol. The molecule has 2 N–H and O–H groups in total. The molecule has 8 heteroatoms. The van der Waals surface area contributed by atoms with Crippen LogP contribution in [0.25, 0.3) is 17.1 Å². The number of nitrogens with two attached hydrogens (primary N) is 1.